The van der Waals surface area contributed by atoms with Gasteiger partial charge in [0.2, 0.25) is 11.8 Å². The number of likely N-dealkylation sites (tertiary alicyclic amines) is 1. The van der Waals surface area contributed by atoms with Crippen LogP contribution < -0.4 is 21.3 Å². The molecule has 2 aliphatic rings. The van der Waals surface area contributed by atoms with Gasteiger partial charge < -0.3 is 25.7 Å². The average molecular weight is 506 g/mol. The van der Waals surface area contributed by atoms with Crippen LogP contribution in [-0.4, -0.2) is 71.9 Å². The molecule has 0 radical (unpaired) electrons. The van der Waals surface area contributed by atoms with E-state index in [4.69, 9.17) is 9.83 Å². The lowest BCUT2D eigenvalue weighted by Crippen LogP contribution is -2.43. The number of pyridine rings is 1. The molecule has 0 aromatic carbocycles. The minimum atomic E-state index is -4.41. The first-order valence-electron chi connectivity index (χ1n) is 11.1. The number of hydrogen-bond acceptors (Lipinski definition) is 9. The van der Waals surface area contributed by atoms with Gasteiger partial charge in [0, 0.05) is 38.1 Å². The summed E-state index contributed by atoms with van der Waals surface area (Å²) in [5, 5.41) is 19.2. The lowest BCUT2D eigenvalue weighted by Gasteiger charge is -2.23. The Balaban J connectivity index is 1.45. The number of carbonyl (C=O) groups is 2. The van der Waals surface area contributed by atoms with Crippen LogP contribution in [0.1, 0.15) is 23.3 Å². The molecular weight excluding hydrogens is 481 g/mol. The Morgan fingerprint density at radius 2 is 2.19 bits per heavy atom. The first-order chi connectivity index (χ1) is 17.1. The summed E-state index contributed by atoms with van der Waals surface area (Å²) in [7, 11) is 1.59. The molecule has 0 aliphatic carbocycles. The van der Waals surface area contributed by atoms with Gasteiger partial charge in [0.25, 0.3) is 5.91 Å². The average Bonchev–Trinajstić information content (AvgIpc) is 3.59. The number of nitrogens with one attached hydrogen (secondary N) is 5. The topological polar surface area (TPSA) is 148 Å². The first kappa shape index (κ1) is 25.2. The molecule has 14 heteroatoms. The fourth-order valence-corrected chi connectivity index (χ4v) is 4.17. The molecule has 2 aliphatic heterocycles. The molecule has 2 aromatic rings. The van der Waals surface area contributed by atoms with Crippen molar-refractivity contribution in [2.75, 3.05) is 38.5 Å². The molecule has 5 N–H and O–H groups in total. The van der Waals surface area contributed by atoms with Gasteiger partial charge in [-0.15, -0.1) is 0 Å². The lowest BCUT2D eigenvalue weighted by atomic mass is 9.86. The minimum absolute atomic E-state index is 0.00257. The highest BCUT2D eigenvalue weighted by atomic mass is 19.4. The maximum Gasteiger partial charge on any atom is 0.405 e. The number of anilines is 1. The Hall–Kier alpha value is -3.94. The third-order valence-electron chi connectivity index (χ3n) is 6.03. The third-order valence-corrected chi connectivity index (χ3v) is 6.03. The summed E-state index contributed by atoms with van der Waals surface area (Å²) < 4.78 is 42.7. The molecule has 4 heterocycles. The summed E-state index contributed by atoms with van der Waals surface area (Å²) >= 11 is 0. The van der Waals surface area contributed by atoms with E-state index in [1.807, 2.05) is 0 Å². The van der Waals surface area contributed by atoms with E-state index in [9.17, 15) is 22.8 Å². The molecule has 2 fully saturated rings. The highest BCUT2D eigenvalue weighted by Gasteiger charge is 2.49. The molecule has 36 heavy (non-hydrogen) atoms. The van der Waals surface area contributed by atoms with Crippen LogP contribution in [0.2, 0.25) is 0 Å². The maximum absolute atomic E-state index is 13.0. The fourth-order valence-electron chi connectivity index (χ4n) is 4.17. The predicted molar refractivity (Wildman–Crippen MR) is 123 cm³/mol. The molecule has 2 amide bonds. The van der Waals surface area contributed by atoms with Gasteiger partial charge in [0.05, 0.1) is 11.1 Å². The second-order valence-corrected chi connectivity index (χ2v) is 8.50. The normalized spacial score (nSPS) is 20.2. The van der Waals surface area contributed by atoms with E-state index < -0.39 is 24.0 Å². The molecule has 1 unspecified atom stereocenters. The zero-order valence-corrected chi connectivity index (χ0v) is 19.3. The summed E-state index contributed by atoms with van der Waals surface area (Å²) in [6.45, 7) is 0.426. The van der Waals surface area contributed by atoms with E-state index in [0.717, 1.165) is 12.8 Å². The van der Waals surface area contributed by atoms with Crippen molar-refractivity contribution in [3.8, 4) is 11.5 Å². The van der Waals surface area contributed by atoms with Crippen molar-refractivity contribution in [3.63, 3.8) is 0 Å². The number of hydrogen-bond donors (Lipinski definition) is 5. The number of aromatic nitrogens is 2. The molecule has 4 rings (SSSR count). The number of nitrogens with zero attached hydrogens (tertiary/aromatic N) is 3. The van der Waals surface area contributed by atoms with Crippen LogP contribution in [-0.2, 0) is 4.79 Å². The van der Waals surface area contributed by atoms with E-state index in [2.05, 4.69) is 31.2 Å². The number of oxazole rings is 1. The van der Waals surface area contributed by atoms with Gasteiger partial charge in [-0.2, -0.15) is 13.2 Å². The molecule has 1 spiro atoms. The van der Waals surface area contributed by atoms with Crippen molar-refractivity contribution in [2.24, 2.45) is 5.41 Å². The third kappa shape index (κ3) is 5.32. The zero-order chi connectivity index (χ0) is 25.9. The van der Waals surface area contributed by atoms with E-state index in [1.165, 1.54) is 29.4 Å². The molecule has 2 aromatic heterocycles. The Labute approximate surface area is 204 Å². The second kappa shape index (κ2) is 9.97. The van der Waals surface area contributed by atoms with Crippen molar-refractivity contribution in [1.29, 1.82) is 5.41 Å². The number of amides is 2. The van der Waals surface area contributed by atoms with Crippen molar-refractivity contribution >= 4 is 23.5 Å². The van der Waals surface area contributed by atoms with Crippen molar-refractivity contribution in [1.82, 2.24) is 30.8 Å². The zero-order valence-electron chi connectivity index (χ0n) is 19.3. The molecule has 0 bridgehead atoms. The summed E-state index contributed by atoms with van der Waals surface area (Å²) in [5.74, 6) is -1.02. The van der Waals surface area contributed by atoms with Gasteiger partial charge in [-0.25, -0.2) is 9.97 Å². The minimum Gasteiger partial charge on any atom is -0.444 e. The quantitative estimate of drug-likeness (QED) is 0.282. The summed E-state index contributed by atoms with van der Waals surface area (Å²) in [6.07, 6.45) is 0.694. The van der Waals surface area contributed by atoms with Crippen LogP contribution in [0.3, 0.4) is 0 Å². The number of rotatable bonds is 7. The Bertz CT molecular complexity index is 1190. The van der Waals surface area contributed by atoms with Gasteiger partial charge in [-0.05, 0) is 31.5 Å². The van der Waals surface area contributed by atoms with E-state index in [1.54, 1.807) is 7.05 Å². The SMILES string of the molecule is CN/C=C(/NC(=O)c1coc(-c2ccnc(NCC(F)(F)F)c2)n1)C(=N)N1CCC2(CCNC2)C1=O. The predicted octanol–water partition coefficient (Wildman–Crippen LogP) is 1.69. The van der Waals surface area contributed by atoms with Gasteiger partial charge in [0.1, 0.15) is 18.6 Å². The van der Waals surface area contributed by atoms with Gasteiger partial charge in [-0.3, -0.25) is 19.9 Å². The van der Waals surface area contributed by atoms with E-state index >= 15 is 0 Å². The van der Waals surface area contributed by atoms with Crippen LogP contribution in [0, 0.1) is 10.8 Å². The monoisotopic (exact) mass is 506 g/mol. The Morgan fingerprint density at radius 1 is 1.39 bits per heavy atom. The van der Waals surface area contributed by atoms with Crippen LogP contribution in [0.4, 0.5) is 19.0 Å². The first-order valence-corrected chi connectivity index (χ1v) is 11.1. The lowest BCUT2D eigenvalue weighted by molar-refractivity contribution is -0.132. The molecular formula is C22H25F3N8O3. The van der Waals surface area contributed by atoms with Crippen molar-refractivity contribution in [2.45, 2.75) is 19.0 Å². The number of alkyl halides is 3. The fraction of sp³-hybridized carbons (Fsp3) is 0.409. The Morgan fingerprint density at radius 3 is 2.89 bits per heavy atom. The summed E-state index contributed by atoms with van der Waals surface area (Å²) in [5.41, 5.74) is -0.248. The van der Waals surface area contributed by atoms with Crippen LogP contribution in [0.5, 0.6) is 0 Å². The second-order valence-electron chi connectivity index (χ2n) is 8.50. The molecule has 11 nitrogen and oxygen atoms in total. The van der Waals surface area contributed by atoms with Crippen LogP contribution >= 0.6 is 0 Å². The largest absolute Gasteiger partial charge is 0.444 e. The van der Waals surface area contributed by atoms with Gasteiger partial charge in [-0.1, -0.05) is 0 Å². The Kier molecular flexibility index (Phi) is 6.97. The standard InChI is InChI=1S/C22H25F3N8O3/c1-27-9-14(17(26)33-7-4-21(20(33)35)3-6-28-11-21)31-18(34)15-10-36-19(32-15)13-2-5-29-16(8-13)30-12-22(23,24)25/h2,5,8-10,26-28H,3-4,6-7,11-12H2,1H3,(H,29,30)(H,31,34)/b14-9+,26-17?. The van der Waals surface area contributed by atoms with Crippen LogP contribution in [0.15, 0.2) is 40.9 Å². The molecule has 2 saturated heterocycles. The van der Waals surface area contributed by atoms with Gasteiger partial charge >= 0.3 is 6.18 Å². The highest BCUT2D eigenvalue weighted by Crippen LogP contribution is 2.37. The molecule has 1 atom stereocenters. The smallest absolute Gasteiger partial charge is 0.405 e. The van der Waals surface area contributed by atoms with Gasteiger partial charge in [0.15, 0.2) is 11.5 Å². The van der Waals surface area contributed by atoms with E-state index in [0.29, 0.717) is 31.5 Å². The van der Waals surface area contributed by atoms with Crippen molar-refractivity contribution in [3.05, 3.63) is 42.2 Å². The number of halogens is 3. The summed E-state index contributed by atoms with van der Waals surface area (Å²) in [6, 6.07) is 2.79. The number of amidine groups is 1. The molecule has 0 saturated carbocycles. The number of carbonyl (C=O) groups excluding carboxylic acids is 2. The van der Waals surface area contributed by atoms with Crippen LogP contribution in [0.25, 0.3) is 11.5 Å². The van der Waals surface area contributed by atoms with Crippen molar-refractivity contribution < 1.29 is 27.2 Å². The maximum atomic E-state index is 13.0. The molecule has 192 valence electrons. The van der Waals surface area contributed by atoms with E-state index in [-0.39, 0.29) is 34.8 Å². The highest BCUT2D eigenvalue weighted by molar-refractivity contribution is 6.11. The summed E-state index contributed by atoms with van der Waals surface area (Å²) in [4.78, 5) is 35.1.